The Morgan fingerprint density at radius 3 is 1.50 bits per heavy atom. The summed E-state index contributed by atoms with van der Waals surface area (Å²) < 4.78 is 0. The lowest BCUT2D eigenvalue weighted by Crippen LogP contribution is -2.48. The lowest BCUT2D eigenvalue weighted by Gasteiger charge is -2.36. The second-order valence-electron chi connectivity index (χ2n) is 2.07. The molecule has 0 amide bonds. The highest BCUT2D eigenvalue weighted by atomic mass is 79.9. The predicted octanol–water partition coefficient (Wildman–Crippen LogP) is 3.07. The van der Waals surface area contributed by atoms with Gasteiger partial charge >= 0.3 is 0 Å². The Bertz CT molecular complexity index is 91.9. The van der Waals surface area contributed by atoms with Crippen molar-refractivity contribution in [1.29, 1.82) is 0 Å². The van der Waals surface area contributed by atoms with Crippen molar-refractivity contribution < 1.29 is 0 Å². The number of rotatable bonds is 0. The van der Waals surface area contributed by atoms with Crippen molar-refractivity contribution in [3.05, 3.63) is 0 Å². The molecule has 0 aromatic heterocycles. The molecule has 0 atom stereocenters. The summed E-state index contributed by atoms with van der Waals surface area (Å²) in [7, 11) is 0. The van der Waals surface area contributed by atoms with Gasteiger partial charge in [0.25, 0.3) is 0 Å². The van der Waals surface area contributed by atoms with E-state index in [2.05, 4.69) is 15.3 Å². The monoisotopic (exact) mass is 268 g/mol. The van der Waals surface area contributed by atoms with Crippen LogP contribution in [0.1, 0.15) is 0 Å². The standard InChI is InChI=1S/C2H4BrCl3Si2/c3-7(4)1-8(5,6)2-7/h1-2H2. The van der Waals surface area contributed by atoms with Gasteiger partial charge < -0.3 is 0 Å². The minimum absolute atomic E-state index is 0.894. The third-order valence-corrected chi connectivity index (χ3v) is 21.6. The Hall–Kier alpha value is 1.78. The van der Waals surface area contributed by atoms with Crippen molar-refractivity contribution in [3.8, 4) is 0 Å². The molecule has 0 aromatic carbocycles. The molecular formula is C2H4BrCl3Si2. The molecule has 0 N–H and O–H groups in total. The molecule has 0 spiro atoms. The normalized spacial score (nSPS) is 31.5. The molecule has 1 aliphatic rings. The zero-order chi connectivity index (χ0) is 6.41. The Labute approximate surface area is 72.2 Å². The third-order valence-electron chi connectivity index (χ3n) is 1.03. The van der Waals surface area contributed by atoms with Gasteiger partial charge in [-0.15, -0.1) is 37.5 Å². The molecular weight excluding hydrogens is 266 g/mol. The second kappa shape index (κ2) is 2.14. The summed E-state index contributed by atoms with van der Waals surface area (Å²) in [6.07, 6.45) is 0. The van der Waals surface area contributed by atoms with Gasteiger partial charge in [0.2, 0.25) is 12.7 Å². The van der Waals surface area contributed by atoms with Crippen molar-refractivity contribution in [2.45, 2.75) is 11.3 Å². The Kier molecular flexibility index (Phi) is 2.11. The van der Waals surface area contributed by atoms with E-state index in [1.807, 2.05) is 0 Å². The van der Waals surface area contributed by atoms with Crippen LogP contribution in [0.5, 0.6) is 0 Å². The average Bonchev–Trinajstić information content (AvgIpc) is 1.20. The maximum Gasteiger partial charge on any atom is 0.250 e. The van der Waals surface area contributed by atoms with Crippen molar-refractivity contribution in [2.75, 3.05) is 0 Å². The zero-order valence-corrected chi connectivity index (χ0v) is 9.78. The summed E-state index contributed by atoms with van der Waals surface area (Å²) >= 11 is 20.9. The predicted molar refractivity (Wildman–Crippen MR) is 47.6 cm³/mol. The fourth-order valence-corrected chi connectivity index (χ4v) is 35.6. The van der Waals surface area contributed by atoms with Gasteiger partial charge in [-0.25, -0.2) is 0 Å². The molecule has 1 fully saturated rings. The van der Waals surface area contributed by atoms with Gasteiger partial charge in [-0.1, -0.05) is 0 Å². The van der Waals surface area contributed by atoms with Crippen molar-refractivity contribution in [3.63, 3.8) is 0 Å². The van der Waals surface area contributed by atoms with Gasteiger partial charge in [-0.05, 0) is 11.3 Å². The molecule has 0 unspecified atom stereocenters. The fourth-order valence-electron chi connectivity index (χ4n) is 0.705. The van der Waals surface area contributed by atoms with E-state index in [0.29, 0.717) is 0 Å². The van der Waals surface area contributed by atoms with Gasteiger partial charge in [-0.2, -0.15) is 11.1 Å². The van der Waals surface area contributed by atoms with Crippen LogP contribution in [0.15, 0.2) is 0 Å². The van der Waals surface area contributed by atoms with Crippen LogP contribution >= 0.6 is 48.5 Å². The highest BCUT2D eigenvalue weighted by Crippen LogP contribution is 2.50. The summed E-state index contributed by atoms with van der Waals surface area (Å²) in [6.45, 7) is -1.76. The van der Waals surface area contributed by atoms with Crippen LogP contribution in [0.4, 0.5) is 0 Å². The molecule has 0 radical (unpaired) electrons. The van der Waals surface area contributed by atoms with Gasteiger partial charge in [0.05, 0.1) is 0 Å². The van der Waals surface area contributed by atoms with Crippen LogP contribution < -0.4 is 0 Å². The van der Waals surface area contributed by atoms with E-state index in [1.54, 1.807) is 0 Å². The average molecular weight is 270 g/mol. The summed E-state index contributed by atoms with van der Waals surface area (Å²) in [5.41, 5.74) is 1.79. The molecule has 1 rings (SSSR count). The first kappa shape index (κ1) is 7.89. The highest BCUT2D eigenvalue weighted by molar-refractivity contribution is 9.27. The molecule has 48 valence electrons. The van der Waals surface area contributed by atoms with Crippen LogP contribution in [0, 0.1) is 0 Å². The lowest BCUT2D eigenvalue weighted by atomic mass is 11.8. The largest absolute Gasteiger partial charge is 0.250 e. The van der Waals surface area contributed by atoms with E-state index in [4.69, 9.17) is 33.2 Å². The summed E-state index contributed by atoms with van der Waals surface area (Å²) in [5.74, 6) is 0. The van der Waals surface area contributed by atoms with E-state index in [0.717, 1.165) is 11.3 Å². The van der Waals surface area contributed by atoms with Gasteiger partial charge in [-0.3, -0.25) is 0 Å². The molecule has 0 saturated carbocycles. The highest BCUT2D eigenvalue weighted by Gasteiger charge is 2.55. The lowest BCUT2D eigenvalue weighted by molar-refractivity contribution is 1.62. The minimum Gasteiger partial charge on any atom is -0.152 e. The number of hydrogen-bond acceptors (Lipinski definition) is 0. The summed E-state index contributed by atoms with van der Waals surface area (Å²) in [4.78, 5) is 0. The van der Waals surface area contributed by atoms with Crippen LogP contribution in [-0.2, 0) is 0 Å². The van der Waals surface area contributed by atoms with Crippen LogP contribution in [0.3, 0.4) is 0 Å². The second-order valence-corrected chi connectivity index (χ2v) is 21.3. The van der Waals surface area contributed by atoms with Crippen LogP contribution in [0.25, 0.3) is 0 Å². The van der Waals surface area contributed by atoms with Gasteiger partial charge in [0.15, 0.2) is 0 Å². The first-order valence-corrected chi connectivity index (χ1v) is 12.3. The maximum absolute atomic E-state index is 5.91. The molecule has 0 bridgehead atoms. The van der Waals surface area contributed by atoms with Crippen molar-refractivity contribution in [1.82, 2.24) is 0 Å². The van der Waals surface area contributed by atoms with Crippen molar-refractivity contribution >= 4 is 61.2 Å². The van der Waals surface area contributed by atoms with E-state index in [-0.39, 0.29) is 0 Å². The summed E-state index contributed by atoms with van der Waals surface area (Å²) in [5, 5.41) is 0. The van der Waals surface area contributed by atoms with Crippen molar-refractivity contribution in [2.24, 2.45) is 0 Å². The first-order chi connectivity index (χ1) is 3.41. The van der Waals surface area contributed by atoms with E-state index < -0.39 is 12.7 Å². The molecule has 0 nitrogen and oxygen atoms in total. The third kappa shape index (κ3) is 1.89. The van der Waals surface area contributed by atoms with E-state index in [1.165, 1.54) is 0 Å². The SMILES string of the molecule is Cl[Si]1(Cl)C[Si](Cl)(Br)C1. The first-order valence-electron chi connectivity index (χ1n) is 2.17. The minimum atomic E-state index is -1.76. The Morgan fingerprint density at radius 2 is 1.50 bits per heavy atom. The molecule has 1 heterocycles. The number of hydrogen-bond donors (Lipinski definition) is 0. The molecule has 0 aromatic rings. The Morgan fingerprint density at radius 1 is 1.12 bits per heavy atom. The van der Waals surface area contributed by atoms with Crippen LogP contribution in [-0.4, -0.2) is 12.7 Å². The molecule has 0 aliphatic carbocycles. The van der Waals surface area contributed by atoms with Gasteiger partial charge in [0.1, 0.15) is 0 Å². The van der Waals surface area contributed by atoms with Gasteiger partial charge in [0, 0.05) is 0 Å². The molecule has 8 heavy (non-hydrogen) atoms. The fraction of sp³-hybridized carbons (Fsp3) is 1.00. The summed E-state index contributed by atoms with van der Waals surface area (Å²) in [6, 6.07) is -1.50. The maximum atomic E-state index is 5.91. The van der Waals surface area contributed by atoms with E-state index in [9.17, 15) is 0 Å². The topological polar surface area (TPSA) is 0 Å². The zero-order valence-electron chi connectivity index (χ0n) is 3.93. The Balaban J connectivity index is 2.42. The quantitative estimate of drug-likeness (QED) is 0.469. The van der Waals surface area contributed by atoms with E-state index >= 15 is 0 Å². The number of halogens is 4. The molecule has 6 heteroatoms. The van der Waals surface area contributed by atoms with Crippen LogP contribution in [0.2, 0.25) is 11.3 Å². The smallest absolute Gasteiger partial charge is 0.152 e. The molecule has 1 aliphatic heterocycles. The molecule has 1 saturated heterocycles.